The van der Waals surface area contributed by atoms with Crippen molar-refractivity contribution in [3.63, 3.8) is 0 Å². The van der Waals surface area contributed by atoms with Crippen LogP contribution in [0.5, 0.6) is 17.2 Å². The Morgan fingerprint density at radius 3 is 2.00 bits per heavy atom. The molecule has 0 amide bonds. The molecule has 0 fully saturated rings. The lowest BCUT2D eigenvalue weighted by molar-refractivity contribution is 0.217. The van der Waals surface area contributed by atoms with Crippen LogP contribution < -0.4 is 19.5 Å². The topological polar surface area (TPSA) is 39.7 Å². The van der Waals surface area contributed by atoms with Crippen molar-refractivity contribution >= 4 is 5.69 Å². The normalized spacial score (nSPS) is 10.3. The molecule has 140 valence electrons. The van der Waals surface area contributed by atoms with Crippen LogP contribution in [0.2, 0.25) is 0 Å². The minimum absolute atomic E-state index is 0.503. The van der Waals surface area contributed by atoms with Crippen molar-refractivity contribution in [2.45, 2.75) is 13.5 Å². The minimum Gasteiger partial charge on any atom is -0.494 e. The third-order valence-corrected chi connectivity index (χ3v) is 3.97. The molecule has 0 saturated heterocycles. The summed E-state index contributed by atoms with van der Waals surface area (Å²) in [6.45, 7) is 4.38. The summed E-state index contributed by atoms with van der Waals surface area (Å²) in [5, 5.41) is 3.42. The Hall–Kier alpha value is -3.14. The fourth-order valence-corrected chi connectivity index (χ4v) is 2.65. The van der Waals surface area contributed by atoms with Crippen LogP contribution >= 0.6 is 0 Å². The molecule has 0 radical (unpaired) electrons. The van der Waals surface area contributed by atoms with E-state index in [1.54, 1.807) is 0 Å². The van der Waals surface area contributed by atoms with E-state index in [1.165, 1.54) is 0 Å². The van der Waals surface area contributed by atoms with E-state index in [1.807, 2.05) is 79.7 Å². The first-order valence-corrected chi connectivity index (χ1v) is 9.20. The standard InChI is InChI=1S/C23H25NO3/c1-2-25-23-11-7-6-8-19(23)18-24-20-12-14-22(15-13-20)27-17-16-26-21-9-4-3-5-10-21/h3-15,24H,2,16-18H2,1H3. The van der Waals surface area contributed by atoms with Crippen LogP contribution in [0.3, 0.4) is 0 Å². The molecule has 0 aliphatic carbocycles. The van der Waals surface area contributed by atoms with Gasteiger partial charge in [-0.1, -0.05) is 36.4 Å². The Morgan fingerprint density at radius 2 is 1.30 bits per heavy atom. The van der Waals surface area contributed by atoms with Crippen molar-refractivity contribution in [3.05, 3.63) is 84.4 Å². The maximum atomic E-state index is 5.72. The SMILES string of the molecule is CCOc1ccccc1CNc1ccc(OCCOc2ccccc2)cc1. The molecule has 0 aromatic heterocycles. The lowest BCUT2D eigenvalue weighted by Crippen LogP contribution is -2.09. The number of anilines is 1. The first kappa shape index (κ1) is 18.6. The van der Waals surface area contributed by atoms with Gasteiger partial charge in [0, 0.05) is 17.8 Å². The summed E-state index contributed by atoms with van der Waals surface area (Å²) in [4.78, 5) is 0. The first-order valence-electron chi connectivity index (χ1n) is 9.20. The molecule has 0 aliphatic heterocycles. The summed E-state index contributed by atoms with van der Waals surface area (Å²) in [6.07, 6.45) is 0. The predicted molar refractivity (Wildman–Crippen MR) is 109 cm³/mol. The van der Waals surface area contributed by atoms with Gasteiger partial charge in [-0.3, -0.25) is 0 Å². The summed E-state index contributed by atoms with van der Waals surface area (Å²) < 4.78 is 17.0. The molecule has 1 N–H and O–H groups in total. The van der Waals surface area contributed by atoms with Gasteiger partial charge in [0.25, 0.3) is 0 Å². The highest BCUT2D eigenvalue weighted by molar-refractivity contribution is 5.48. The van der Waals surface area contributed by atoms with E-state index >= 15 is 0 Å². The minimum atomic E-state index is 0.503. The third-order valence-electron chi connectivity index (χ3n) is 3.97. The van der Waals surface area contributed by atoms with Crippen LogP contribution in [-0.2, 0) is 6.54 Å². The third kappa shape index (κ3) is 5.96. The highest BCUT2D eigenvalue weighted by atomic mass is 16.5. The van der Waals surface area contributed by atoms with Crippen molar-refractivity contribution in [2.24, 2.45) is 0 Å². The average molecular weight is 363 g/mol. The van der Waals surface area contributed by atoms with Gasteiger partial charge in [0.05, 0.1) is 6.61 Å². The number of nitrogens with one attached hydrogen (secondary N) is 1. The maximum absolute atomic E-state index is 5.72. The number of ether oxygens (including phenoxy) is 3. The van der Waals surface area contributed by atoms with Crippen molar-refractivity contribution < 1.29 is 14.2 Å². The quantitative estimate of drug-likeness (QED) is 0.505. The molecular weight excluding hydrogens is 338 g/mol. The lowest BCUT2D eigenvalue weighted by Gasteiger charge is -2.12. The van der Waals surface area contributed by atoms with Gasteiger partial charge < -0.3 is 19.5 Å². The maximum Gasteiger partial charge on any atom is 0.124 e. The van der Waals surface area contributed by atoms with Gasteiger partial charge in [-0.25, -0.2) is 0 Å². The van der Waals surface area contributed by atoms with Crippen LogP contribution in [0.15, 0.2) is 78.9 Å². The fourth-order valence-electron chi connectivity index (χ4n) is 2.65. The predicted octanol–water partition coefficient (Wildman–Crippen LogP) is 5.16. The second-order valence-electron chi connectivity index (χ2n) is 5.93. The van der Waals surface area contributed by atoms with E-state index in [9.17, 15) is 0 Å². The molecule has 0 atom stereocenters. The number of rotatable bonds is 10. The van der Waals surface area contributed by atoms with E-state index in [0.29, 0.717) is 26.4 Å². The number of benzene rings is 3. The Labute approximate surface area is 160 Å². The van der Waals surface area contributed by atoms with Gasteiger partial charge in [-0.2, -0.15) is 0 Å². The molecular formula is C23H25NO3. The Kier molecular flexibility index (Phi) is 6.99. The zero-order valence-corrected chi connectivity index (χ0v) is 15.6. The van der Waals surface area contributed by atoms with E-state index in [4.69, 9.17) is 14.2 Å². The van der Waals surface area contributed by atoms with Crippen molar-refractivity contribution in [1.29, 1.82) is 0 Å². The smallest absolute Gasteiger partial charge is 0.124 e. The molecule has 0 heterocycles. The van der Waals surface area contributed by atoms with Gasteiger partial charge >= 0.3 is 0 Å². The van der Waals surface area contributed by atoms with Crippen molar-refractivity contribution in [2.75, 3.05) is 25.1 Å². The lowest BCUT2D eigenvalue weighted by atomic mass is 10.2. The fraction of sp³-hybridized carbons (Fsp3) is 0.217. The highest BCUT2D eigenvalue weighted by Crippen LogP contribution is 2.21. The van der Waals surface area contributed by atoms with Crippen molar-refractivity contribution in [3.8, 4) is 17.2 Å². The molecule has 0 spiro atoms. The first-order chi connectivity index (χ1) is 13.3. The number of para-hydroxylation sites is 2. The van der Waals surface area contributed by atoms with E-state index in [2.05, 4.69) is 11.4 Å². The van der Waals surface area contributed by atoms with Crippen LogP contribution in [0.4, 0.5) is 5.69 Å². The molecule has 0 bridgehead atoms. The Morgan fingerprint density at radius 1 is 0.667 bits per heavy atom. The number of hydrogen-bond donors (Lipinski definition) is 1. The second kappa shape index (κ2) is 10.1. The monoisotopic (exact) mass is 363 g/mol. The van der Waals surface area contributed by atoms with Gasteiger partial charge in [0.15, 0.2) is 0 Å². The van der Waals surface area contributed by atoms with Gasteiger partial charge in [0.2, 0.25) is 0 Å². The van der Waals surface area contributed by atoms with Crippen molar-refractivity contribution in [1.82, 2.24) is 0 Å². The Balaban J connectivity index is 1.43. The summed E-state index contributed by atoms with van der Waals surface area (Å²) in [7, 11) is 0. The molecule has 4 heteroatoms. The summed E-state index contributed by atoms with van der Waals surface area (Å²) in [5.41, 5.74) is 2.17. The molecule has 27 heavy (non-hydrogen) atoms. The Bertz CT molecular complexity index is 803. The zero-order valence-electron chi connectivity index (χ0n) is 15.6. The van der Waals surface area contributed by atoms with E-state index in [-0.39, 0.29) is 0 Å². The van der Waals surface area contributed by atoms with Crippen LogP contribution in [0.1, 0.15) is 12.5 Å². The van der Waals surface area contributed by atoms with E-state index in [0.717, 1.165) is 28.5 Å². The molecule has 4 nitrogen and oxygen atoms in total. The summed E-state index contributed by atoms with van der Waals surface area (Å²) in [5.74, 6) is 2.60. The summed E-state index contributed by atoms with van der Waals surface area (Å²) >= 11 is 0. The van der Waals surface area contributed by atoms with Crippen LogP contribution in [0.25, 0.3) is 0 Å². The molecule has 0 aliphatic rings. The largest absolute Gasteiger partial charge is 0.494 e. The molecule has 0 unspecified atom stereocenters. The highest BCUT2D eigenvalue weighted by Gasteiger charge is 2.02. The van der Waals surface area contributed by atoms with Gasteiger partial charge in [0.1, 0.15) is 30.5 Å². The second-order valence-corrected chi connectivity index (χ2v) is 5.93. The zero-order chi connectivity index (χ0) is 18.7. The van der Waals surface area contributed by atoms with Gasteiger partial charge in [-0.05, 0) is 49.4 Å². The summed E-state index contributed by atoms with van der Waals surface area (Å²) in [6, 6.07) is 25.8. The number of hydrogen-bond acceptors (Lipinski definition) is 4. The van der Waals surface area contributed by atoms with E-state index < -0.39 is 0 Å². The molecule has 3 rings (SSSR count). The van der Waals surface area contributed by atoms with Crippen LogP contribution in [0, 0.1) is 0 Å². The molecule has 3 aromatic rings. The van der Waals surface area contributed by atoms with Crippen LogP contribution in [-0.4, -0.2) is 19.8 Å². The average Bonchev–Trinajstić information content (AvgIpc) is 2.72. The molecule has 3 aromatic carbocycles. The molecule has 0 saturated carbocycles. The van der Waals surface area contributed by atoms with Gasteiger partial charge in [-0.15, -0.1) is 0 Å².